The number of nitrogens with zero attached hydrogens (tertiary/aromatic N) is 1. The van der Waals surface area contributed by atoms with Crippen molar-refractivity contribution < 1.29 is 19.1 Å². The Kier molecular flexibility index (Phi) is 5.24. The number of esters is 1. The van der Waals surface area contributed by atoms with Gasteiger partial charge in [0.2, 0.25) is 5.91 Å². The number of halogens is 1. The van der Waals surface area contributed by atoms with Crippen molar-refractivity contribution in [2.45, 2.75) is 13.0 Å². The average Bonchev–Trinajstić information content (AvgIpc) is 3.03. The second kappa shape index (κ2) is 7.57. The van der Waals surface area contributed by atoms with Crippen molar-refractivity contribution in [3.05, 3.63) is 59.1 Å². The molecule has 5 nitrogen and oxygen atoms in total. The van der Waals surface area contributed by atoms with Crippen LogP contribution in [0.15, 0.2) is 48.5 Å². The van der Waals surface area contributed by atoms with Crippen LogP contribution in [-0.4, -0.2) is 25.5 Å². The van der Waals surface area contributed by atoms with Crippen LogP contribution in [0.2, 0.25) is 5.02 Å². The minimum Gasteiger partial charge on any atom is -0.489 e. The molecule has 1 saturated heterocycles. The molecule has 3 rings (SSSR count). The lowest BCUT2D eigenvalue weighted by molar-refractivity contribution is -0.145. The summed E-state index contributed by atoms with van der Waals surface area (Å²) in [5.41, 5.74) is 1.76. The zero-order valence-electron chi connectivity index (χ0n) is 13.8. The van der Waals surface area contributed by atoms with Crippen LogP contribution in [-0.2, 0) is 20.9 Å². The highest BCUT2D eigenvalue weighted by Gasteiger charge is 2.35. The van der Waals surface area contributed by atoms with Gasteiger partial charge in [0.25, 0.3) is 0 Å². The van der Waals surface area contributed by atoms with E-state index in [9.17, 15) is 9.59 Å². The summed E-state index contributed by atoms with van der Waals surface area (Å²) in [4.78, 5) is 25.3. The fraction of sp³-hybridized carbons (Fsp3) is 0.263. The van der Waals surface area contributed by atoms with E-state index in [2.05, 4.69) is 0 Å². The van der Waals surface area contributed by atoms with E-state index in [1.165, 1.54) is 7.11 Å². The molecule has 6 heteroatoms. The predicted molar refractivity (Wildman–Crippen MR) is 94.7 cm³/mol. The number of benzene rings is 2. The fourth-order valence-corrected chi connectivity index (χ4v) is 2.88. The predicted octanol–water partition coefficient (Wildman–Crippen LogP) is 3.44. The third-order valence-corrected chi connectivity index (χ3v) is 4.38. The molecule has 1 unspecified atom stereocenters. The molecule has 1 fully saturated rings. The normalized spacial score (nSPS) is 16.8. The first kappa shape index (κ1) is 17.3. The number of carbonyl (C=O) groups excluding carboxylic acids is 2. The number of ether oxygens (including phenoxy) is 2. The van der Waals surface area contributed by atoms with Crippen LogP contribution in [0.3, 0.4) is 0 Å². The smallest absolute Gasteiger partial charge is 0.311 e. The van der Waals surface area contributed by atoms with Gasteiger partial charge in [-0.15, -0.1) is 0 Å². The van der Waals surface area contributed by atoms with E-state index in [1.54, 1.807) is 4.90 Å². The highest BCUT2D eigenvalue weighted by Crippen LogP contribution is 2.27. The standard InChI is InChI=1S/C19H18ClNO4/c1-24-19(23)14-10-18(22)21(11-14)16-6-8-17(9-7-16)25-12-13-2-4-15(20)5-3-13/h2-9,14H,10-12H2,1H3. The topological polar surface area (TPSA) is 55.8 Å². The van der Waals surface area contributed by atoms with E-state index in [0.717, 1.165) is 11.3 Å². The largest absolute Gasteiger partial charge is 0.489 e. The number of anilines is 1. The Balaban J connectivity index is 1.61. The molecule has 0 saturated carbocycles. The summed E-state index contributed by atoms with van der Waals surface area (Å²) in [7, 11) is 1.34. The maximum atomic E-state index is 12.1. The molecule has 130 valence electrons. The van der Waals surface area contributed by atoms with Crippen molar-refractivity contribution in [2.24, 2.45) is 5.92 Å². The van der Waals surface area contributed by atoms with Crippen LogP contribution in [0.1, 0.15) is 12.0 Å². The van der Waals surface area contributed by atoms with Crippen LogP contribution in [0.5, 0.6) is 5.75 Å². The van der Waals surface area contributed by atoms with E-state index >= 15 is 0 Å². The first-order valence-electron chi connectivity index (χ1n) is 7.92. The monoisotopic (exact) mass is 359 g/mol. The lowest BCUT2D eigenvalue weighted by Gasteiger charge is -2.17. The van der Waals surface area contributed by atoms with Crippen LogP contribution in [0.4, 0.5) is 5.69 Å². The molecule has 0 aromatic heterocycles. The number of rotatable bonds is 5. The second-order valence-electron chi connectivity index (χ2n) is 5.84. The molecule has 1 aliphatic rings. The second-order valence-corrected chi connectivity index (χ2v) is 6.27. The molecule has 0 radical (unpaired) electrons. The van der Waals surface area contributed by atoms with Gasteiger partial charge in [0.15, 0.2) is 0 Å². The number of hydrogen-bond donors (Lipinski definition) is 0. The van der Waals surface area contributed by atoms with Crippen molar-refractivity contribution in [3.63, 3.8) is 0 Å². The molecule has 2 aromatic carbocycles. The van der Waals surface area contributed by atoms with Gasteiger partial charge in [-0.2, -0.15) is 0 Å². The molecule has 0 bridgehead atoms. The molecular weight excluding hydrogens is 342 g/mol. The summed E-state index contributed by atoms with van der Waals surface area (Å²) in [5, 5.41) is 0.689. The average molecular weight is 360 g/mol. The number of hydrogen-bond acceptors (Lipinski definition) is 4. The number of amides is 1. The Morgan fingerprint density at radius 3 is 2.48 bits per heavy atom. The van der Waals surface area contributed by atoms with Crippen molar-refractivity contribution in [3.8, 4) is 5.75 Å². The Morgan fingerprint density at radius 1 is 1.16 bits per heavy atom. The molecular formula is C19H18ClNO4. The van der Waals surface area contributed by atoms with Crippen LogP contribution in [0.25, 0.3) is 0 Å². The van der Waals surface area contributed by atoms with E-state index in [4.69, 9.17) is 21.1 Å². The molecule has 0 aliphatic carbocycles. The molecule has 1 aliphatic heterocycles. The maximum absolute atomic E-state index is 12.1. The Hall–Kier alpha value is -2.53. The lowest BCUT2D eigenvalue weighted by atomic mass is 10.1. The van der Waals surface area contributed by atoms with Gasteiger partial charge in [0, 0.05) is 23.7 Å². The first-order valence-corrected chi connectivity index (χ1v) is 8.30. The van der Waals surface area contributed by atoms with E-state index in [-0.39, 0.29) is 18.3 Å². The van der Waals surface area contributed by atoms with Gasteiger partial charge in [-0.3, -0.25) is 9.59 Å². The zero-order chi connectivity index (χ0) is 17.8. The Bertz CT molecular complexity index is 758. The van der Waals surface area contributed by atoms with Crippen LogP contribution < -0.4 is 9.64 Å². The molecule has 0 N–H and O–H groups in total. The van der Waals surface area contributed by atoms with Gasteiger partial charge in [0.05, 0.1) is 13.0 Å². The zero-order valence-corrected chi connectivity index (χ0v) is 14.5. The van der Waals surface area contributed by atoms with Crippen molar-refractivity contribution >= 4 is 29.2 Å². The Morgan fingerprint density at radius 2 is 1.84 bits per heavy atom. The molecule has 1 amide bonds. The van der Waals surface area contributed by atoms with Crippen molar-refractivity contribution in [1.82, 2.24) is 0 Å². The van der Waals surface area contributed by atoms with Gasteiger partial charge < -0.3 is 14.4 Å². The lowest BCUT2D eigenvalue weighted by Crippen LogP contribution is -2.26. The first-order chi connectivity index (χ1) is 12.1. The number of methoxy groups -OCH3 is 1. The van der Waals surface area contributed by atoms with Gasteiger partial charge in [0.1, 0.15) is 12.4 Å². The third-order valence-electron chi connectivity index (χ3n) is 4.13. The minimum absolute atomic E-state index is 0.0785. The fourth-order valence-electron chi connectivity index (χ4n) is 2.75. The summed E-state index contributed by atoms with van der Waals surface area (Å²) in [6, 6.07) is 14.7. The van der Waals surface area contributed by atoms with Crippen LogP contribution >= 0.6 is 11.6 Å². The Labute approximate surface area is 151 Å². The quantitative estimate of drug-likeness (QED) is 0.767. The minimum atomic E-state index is -0.404. The highest BCUT2D eigenvalue weighted by atomic mass is 35.5. The van der Waals surface area contributed by atoms with Crippen LogP contribution in [0, 0.1) is 5.92 Å². The summed E-state index contributed by atoms with van der Waals surface area (Å²) in [5.74, 6) is -0.128. The van der Waals surface area contributed by atoms with Gasteiger partial charge in [-0.05, 0) is 42.0 Å². The molecule has 25 heavy (non-hydrogen) atoms. The molecule has 1 atom stereocenters. The van der Waals surface area contributed by atoms with Gasteiger partial charge >= 0.3 is 5.97 Å². The molecule has 2 aromatic rings. The SMILES string of the molecule is COC(=O)C1CC(=O)N(c2ccc(OCc3ccc(Cl)cc3)cc2)C1. The van der Waals surface area contributed by atoms with Gasteiger partial charge in [-0.1, -0.05) is 23.7 Å². The summed E-state index contributed by atoms with van der Waals surface area (Å²) in [6.07, 6.45) is 0.182. The highest BCUT2D eigenvalue weighted by molar-refractivity contribution is 6.30. The van der Waals surface area contributed by atoms with Crippen molar-refractivity contribution in [2.75, 3.05) is 18.6 Å². The summed E-state index contributed by atoms with van der Waals surface area (Å²) < 4.78 is 10.5. The number of carbonyl (C=O) groups is 2. The maximum Gasteiger partial charge on any atom is 0.311 e. The summed E-state index contributed by atoms with van der Waals surface area (Å²) >= 11 is 5.86. The molecule has 1 heterocycles. The van der Waals surface area contributed by atoms with E-state index in [0.29, 0.717) is 23.9 Å². The van der Waals surface area contributed by atoms with Crippen molar-refractivity contribution in [1.29, 1.82) is 0 Å². The molecule has 0 spiro atoms. The van der Waals surface area contributed by atoms with E-state index < -0.39 is 5.92 Å². The van der Waals surface area contributed by atoms with Gasteiger partial charge in [-0.25, -0.2) is 0 Å². The third kappa shape index (κ3) is 4.12. The summed E-state index contributed by atoms with van der Waals surface area (Å²) in [6.45, 7) is 0.778. The van der Waals surface area contributed by atoms with E-state index in [1.807, 2.05) is 48.5 Å².